The van der Waals surface area contributed by atoms with Gasteiger partial charge in [0.2, 0.25) is 0 Å². The normalized spacial score (nSPS) is 21.0. The molecule has 0 radical (unpaired) electrons. The van der Waals surface area contributed by atoms with Crippen molar-refractivity contribution in [3.8, 4) is 0 Å². The average molecular weight is 272 g/mol. The number of carbonyl (C=O) groups excluding carboxylic acids is 1. The van der Waals surface area contributed by atoms with Gasteiger partial charge in [0.05, 0.1) is 0 Å². The van der Waals surface area contributed by atoms with Crippen molar-refractivity contribution in [1.29, 1.82) is 0 Å². The van der Waals surface area contributed by atoms with E-state index in [0.29, 0.717) is 13.0 Å². The Labute approximate surface area is 109 Å². The minimum Gasteiger partial charge on any atom is -0.333 e. The van der Waals surface area contributed by atoms with Crippen LogP contribution in [0.2, 0.25) is 0 Å². The summed E-state index contributed by atoms with van der Waals surface area (Å²) in [4.78, 5) is 12.2. The van der Waals surface area contributed by atoms with E-state index >= 15 is 0 Å². The Hall–Kier alpha value is -1.56. The molecule has 0 saturated carbocycles. The van der Waals surface area contributed by atoms with E-state index in [1.54, 1.807) is 0 Å². The number of carbonyl (C=O) groups is 1. The molecule has 1 N–H and O–H groups in total. The lowest BCUT2D eigenvalue weighted by molar-refractivity contribution is -0.185. The topological polar surface area (TPSA) is 32.3 Å². The molecule has 1 aliphatic rings. The third-order valence-corrected chi connectivity index (χ3v) is 3.13. The quantitative estimate of drug-likeness (QED) is 0.849. The van der Waals surface area contributed by atoms with Crippen molar-refractivity contribution in [2.24, 2.45) is 0 Å². The molecule has 1 aromatic carbocycles. The first kappa shape index (κ1) is 13.9. The predicted octanol–water partition coefficient (Wildman–Crippen LogP) is 2.11. The molecule has 1 aliphatic heterocycles. The van der Waals surface area contributed by atoms with Crippen LogP contribution in [0.25, 0.3) is 0 Å². The van der Waals surface area contributed by atoms with Crippen molar-refractivity contribution >= 4 is 5.91 Å². The summed E-state index contributed by atoms with van der Waals surface area (Å²) in [7, 11) is 0. The van der Waals surface area contributed by atoms with Gasteiger partial charge in [0.15, 0.2) is 0 Å². The second-order valence-electron chi connectivity index (χ2n) is 4.52. The van der Waals surface area contributed by atoms with Crippen LogP contribution in [0, 0.1) is 0 Å². The Bertz CT molecular complexity index is 433. The van der Waals surface area contributed by atoms with Crippen molar-refractivity contribution in [3.05, 3.63) is 35.9 Å². The van der Waals surface area contributed by atoms with Crippen LogP contribution in [0.5, 0.6) is 0 Å². The van der Waals surface area contributed by atoms with Crippen LogP contribution in [-0.2, 0) is 4.79 Å². The highest BCUT2D eigenvalue weighted by atomic mass is 19.4. The largest absolute Gasteiger partial charge is 0.471 e. The Kier molecular flexibility index (Phi) is 4.09. The van der Waals surface area contributed by atoms with Crippen LogP contribution in [0.4, 0.5) is 13.2 Å². The summed E-state index contributed by atoms with van der Waals surface area (Å²) >= 11 is 0. The zero-order chi connectivity index (χ0) is 13.9. The van der Waals surface area contributed by atoms with Crippen LogP contribution in [0.3, 0.4) is 0 Å². The third-order valence-electron chi connectivity index (χ3n) is 3.13. The van der Waals surface area contributed by atoms with Crippen LogP contribution in [0.15, 0.2) is 30.3 Å². The standard InChI is InChI=1S/C13H15F3N2O/c14-13(15,16)12(19)18-8-4-7-17-11(9-18)10-5-2-1-3-6-10/h1-3,5-6,11,17H,4,7-9H2. The van der Waals surface area contributed by atoms with Gasteiger partial charge in [-0.1, -0.05) is 30.3 Å². The second kappa shape index (κ2) is 5.61. The zero-order valence-electron chi connectivity index (χ0n) is 10.3. The fourth-order valence-electron chi connectivity index (χ4n) is 2.19. The van der Waals surface area contributed by atoms with Crippen LogP contribution in [-0.4, -0.2) is 36.6 Å². The van der Waals surface area contributed by atoms with Gasteiger partial charge in [-0.05, 0) is 18.5 Å². The first-order chi connectivity index (χ1) is 8.98. The predicted molar refractivity (Wildman–Crippen MR) is 64.4 cm³/mol. The molecule has 19 heavy (non-hydrogen) atoms. The molecule has 3 nitrogen and oxygen atoms in total. The fourth-order valence-corrected chi connectivity index (χ4v) is 2.19. The minimum absolute atomic E-state index is 0.0440. The summed E-state index contributed by atoms with van der Waals surface area (Å²) in [6, 6.07) is 8.95. The molecule has 104 valence electrons. The second-order valence-corrected chi connectivity index (χ2v) is 4.52. The van der Waals surface area contributed by atoms with E-state index < -0.39 is 12.1 Å². The first-order valence-electron chi connectivity index (χ1n) is 6.13. The molecule has 0 spiro atoms. The van der Waals surface area contributed by atoms with E-state index in [1.165, 1.54) is 0 Å². The maximum absolute atomic E-state index is 12.5. The van der Waals surface area contributed by atoms with Gasteiger partial charge in [-0.2, -0.15) is 13.2 Å². The summed E-state index contributed by atoms with van der Waals surface area (Å²) < 4.78 is 37.5. The number of benzene rings is 1. The van der Waals surface area contributed by atoms with Crippen molar-refractivity contribution in [1.82, 2.24) is 10.2 Å². The summed E-state index contributed by atoms with van der Waals surface area (Å²) in [6.07, 6.45) is -4.28. The Balaban J connectivity index is 2.13. The van der Waals surface area contributed by atoms with E-state index in [4.69, 9.17) is 0 Å². The van der Waals surface area contributed by atoms with E-state index in [-0.39, 0.29) is 19.1 Å². The van der Waals surface area contributed by atoms with Crippen LogP contribution < -0.4 is 5.32 Å². The van der Waals surface area contributed by atoms with E-state index in [2.05, 4.69) is 5.32 Å². The lowest BCUT2D eigenvalue weighted by Crippen LogP contribution is -2.43. The lowest BCUT2D eigenvalue weighted by atomic mass is 10.1. The maximum atomic E-state index is 12.5. The highest BCUT2D eigenvalue weighted by molar-refractivity contribution is 5.81. The third kappa shape index (κ3) is 3.47. The van der Waals surface area contributed by atoms with Crippen LogP contribution >= 0.6 is 0 Å². The van der Waals surface area contributed by atoms with E-state index in [1.807, 2.05) is 30.3 Å². The van der Waals surface area contributed by atoms with Crippen molar-refractivity contribution < 1.29 is 18.0 Å². The molecule has 1 heterocycles. The number of nitrogens with one attached hydrogen (secondary N) is 1. The molecule has 1 saturated heterocycles. The average Bonchev–Trinajstić information content (AvgIpc) is 2.63. The van der Waals surface area contributed by atoms with Gasteiger partial charge in [0, 0.05) is 19.1 Å². The summed E-state index contributed by atoms with van der Waals surface area (Å²) in [5, 5.41) is 3.17. The van der Waals surface area contributed by atoms with Crippen LogP contribution in [0.1, 0.15) is 18.0 Å². The lowest BCUT2D eigenvalue weighted by Gasteiger charge is -2.25. The summed E-state index contributed by atoms with van der Waals surface area (Å²) in [6.45, 7) is 0.776. The molecule has 1 aromatic rings. The molecule has 6 heteroatoms. The van der Waals surface area contributed by atoms with Gasteiger partial charge in [0.1, 0.15) is 0 Å². The number of amides is 1. The number of alkyl halides is 3. The Morgan fingerprint density at radius 1 is 1.26 bits per heavy atom. The smallest absolute Gasteiger partial charge is 0.333 e. The summed E-state index contributed by atoms with van der Waals surface area (Å²) in [5.41, 5.74) is 0.893. The molecule has 1 unspecified atom stereocenters. The molecule has 1 fully saturated rings. The monoisotopic (exact) mass is 272 g/mol. The molecular weight excluding hydrogens is 257 g/mol. The van der Waals surface area contributed by atoms with Crippen molar-refractivity contribution in [3.63, 3.8) is 0 Å². The number of halogens is 3. The molecular formula is C13H15F3N2O. The maximum Gasteiger partial charge on any atom is 0.471 e. The number of hydrogen-bond donors (Lipinski definition) is 1. The minimum atomic E-state index is -4.80. The highest BCUT2D eigenvalue weighted by Crippen LogP contribution is 2.23. The Morgan fingerprint density at radius 3 is 2.58 bits per heavy atom. The molecule has 2 rings (SSSR count). The van der Waals surface area contributed by atoms with Gasteiger partial charge in [-0.3, -0.25) is 4.79 Å². The molecule has 1 amide bonds. The highest BCUT2D eigenvalue weighted by Gasteiger charge is 2.43. The van der Waals surface area contributed by atoms with Gasteiger partial charge in [0.25, 0.3) is 0 Å². The zero-order valence-corrected chi connectivity index (χ0v) is 10.3. The number of hydrogen-bond acceptors (Lipinski definition) is 2. The van der Waals surface area contributed by atoms with Gasteiger partial charge >= 0.3 is 12.1 Å². The first-order valence-corrected chi connectivity index (χ1v) is 6.13. The number of nitrogens with zero attached hydrogens (tertiary/aromatic N) is 1. The van der Waals surface area contributed by atoms with Crippen molar-refractivity contribution in [2.75, 3.05) is 19.6 Å². The fraction of sp³-hybridized carbons (Fsp3) is 0.462. The van der Waals surface area contributed by atoms with Gasteiger partial charge < -0.3 is 10.2 Å². The van der Waals surface area contributed by atoms with E-state index in [9.17, 15) is 18.0 Å². The van der Waals surface area contributed by atoms with Crippen molar-refractivity contribution in [2.45, 2.75) is 18.6 Å². The molecule has 0 aliphatic carbocycles. The number of rotatable bonds is 1. The summed E-state index contributed by atoms with van der Waals surface area (Å²) in [5.74, 6) is -1.75. The van der Waals surface area contributed by atoms with E-state index in [0.717, 1.165) is 10.5 Å². The van der Waals surface area contributed by atoms with Gasteiger partial charge in [-0.25, -0.2) is 0 Å². The Morgan fingerprint density at radius 2 is 1.95 bits per heavy atom. The molecule has 0 bridgehead atoms. The SMILES string of the molecule is O=C(N1CCCNC(c2ccccc2)C1)C(F)(F)F. The molecule has 1 atom stereocenters. The van der Waals surface area contributed by atoms with Gasteiger partial charge in [-0.15, -0.1) is 0 Å². The molecule has 0 aromatic heterocycles.